The van der Waals surface area contributed by atoms with Gasteiger partial charge in [-0.25, -0.2) is 0 Å². The number of carbonyl (C=O) groups excluding carboxylic acids is 1. The summed E-state index contributed by atoms with van der Waals surface area (Å²) >= 11 is 0. The van der Waals surface area contributed by atoms with E-state index in [1.165, 1.54) is 63.5 Å². The fourth-order valence-electron chi connectivity index (χ4n) is 7.15. The van der Waals surface area contributed by atoms with Crippen LogP contribution in [0.15, 0.2) is 24.3 Å². The van der Waals surface area contributed by atoms with E-state index in [0.717, 1.165) is 36.5 Å². The number of hydrogen-bond acceptors (Lipinski definition) is 2. The summed E-state index contributed by atoms with van der Waals surface area (Å²) in [6, 6.07) is 8.44. The molecule has 5 aliphatic rings. The molecule has 5 fully saturated rings. The third-order valence-electron chi connectivity index (χ3n) is 7.96. The molecule has 0 radical (unpaired) electrons. The van der Waals surface area contributed by atoms with Crippen molar-refractivity contribution in [1.82, 2.24) is 0 Å². The molecule has 4 nitrogen and oxygen atoms in total. The van der Waals surface area contributed by atoms with Gasteiger partial charge in [-0.2, -0.15) is 0 Å². The molecule has 1 atom stereocenters. The van der Waals surface area contributed by atoms with Crippen molar-refractivity contribution >= 4 is 17.3 Å². The smallest absolute Gasteiger partial charge is 0.282 e. The molecule has 0 unspecified atom stereocenters. The average Bonchev–Trinajstić information content (AvgIpc) is 2.68. The van der Waals surface area contributed by atoms with Gasteiger partial charge in [-0.15, -0.1) is 0 Å². The SMILES string of the molecule is C[C@@H]([NH2+]C12CC3CC(CC(C3)C1)C2)C(=O)Nc1ccc(N2CCCCC2)cc1. The molecule has 1 heterocycles. The van der Waals surface area contributed by atoms with Crippen molar-refractivity contribution < 1.29 is 10.1 Å². The summed E-state index contributed by atoms with van der Waals surface area (Å²) < 4.78 is 0. The third-order valence-corrected chi connectivity index (χ3v) is 7.96. The molecule has 4 bridgehead atoms. The zero-order chi connectivity index (χ0) is 19.1. The summed E-state index contributed by atoms with van der Waals surface area (Å²) in [5, 5.41) is 5.61. The van der Waals surface area contributed by atoms with Crippen molar-refractivity contribution in [3.05, 3.63) is 24.3 Å². The second-order valence-corrected chi connectivity index (χ2v) is 10.3. The van der Waals surface area contributed by atoms with Crippen LogP contribution in [0.25, 0.3) is 0 Å². The molecule has 0 aromatic heterocycles. The maximum absolute atomic E-state index is 12.9. The van der Waals surface area contributed by atoms with Crippen molar-refractivity contribution in [3.8, 4) is 0 Å². The molecule has 4 heteroatoms. The molecule has 1 aromatic rings. The maximum Gasteiger partial charge on any atom is 0.282 e. The Balaban J connectivity index is 1.18. The monoisotopic (exact) mass is 382 g/mol. The third kappa shape index (κ3) is 3.68. The molecular weight excluding hydrogens is 346 g/mol. The van der Waals surface area contributed by atoms with Crippen LogP contribution in [-0.4, -0.2) is 30.6 Å². The zero-order valence-electron chi connectivity index (χ0n) is 17.3. The van der Waals surface area contributed by atoms with Crippen molar-refractivity contribution in [3.63, 3.8) is 0 Å². The first-order valence-electron chi connectivity index (χ1n) is 11.6. The highest BCUT2D eigenvalue weighted by Gasteiger charge is 2.54. The minimum atomic E-state index is -0.0157. The molecule has 152 valence electrons. The number of benzene rings is 1. The van der Waals surface area contributed by atoms with E-state index >= 15 is 0 Å². The van der Waals surface area contributed by atoms with E-state index in [2.05, 4.69) is 46.7 Å². The lowest BCUT2D eigenvalue weighted by molar-refractivity contribution is -0.754. The minimum Gasteiger partial charge on any atom is -0.372 e. The van der Waals surface area contributed by atoms with E-state index in [1.807, 2.05) is 0 Å². The van der Waals surface area contributed by atoms with Crippen LogP contribution in [0.2, 0.25) is 0 Å². The highest BCUT2D eigenvalue weighted by molar-refractivity contribution is 5.93. The minimum absolute atomic E-state index is 0.0157. The highest BCUT2D eigenvalue weighted by atomic mass is 16.2. The maximum atomic E-state index is 12.9. The summed E-state index contributed by atoms with van der Waals surface area (Å²) in [6.45, 7) is 4.40. The van der Waals surface area contributed by atoms with Crippen molar-refractivity contribution in [1.29, 1.82) is 0 Å². The van der Waals surface area contributed by atoms with Crippen LogP contribution in [0.4, 0.5) is 11.4 Å². The number of anilines is 2. The van der Waals surface area contributed by atoms with Gasteiger partial charge in [-0.05, 0) is 87.5 Å². The molecule has 1 saturated heterocycles. The molecule has 1 amide bonds. The van der Waals surface area contributed by atoms with Crippen LogP contribution < -0.4 is 15.5 Å². The number of amides is 1. The first kappa shape index (κ1) is 18.5. The van der Waals surface area contributed by atoms with E-state index < -0.39 is 0 Å². The van der Waals surface area contributed by atoms with E-state index in [0.29, 0.717) is 5.54 Å². The molecule has 6 rings (SSSR count). The van der Waals surface area contributed by atoms with Gasteiger partial charge in [0.2, 0.25) is 0 Å². The van der Waals surface area contributed by atoms with E-state index in [4.69, 9.17) is 0 Å². The number of nitrogens with zero attached hydrogens (tertiary/aromatic N) is 1. The van der Waals surface area contributed by atoms with Crippen LogP contribution in [0.5, 0.6) is 0 Å². The van der Waals surface area contributed by atoms with Gasteiger partial charge >= 0.3 is 0 Å². The normalized spacial score (nSPS) is 35.0. The topological polar surface area (TPSA) is 49.0 Å². The Kier molecular flexibility index (Phi) is 4.86. The number of rotatable bonds is 5. The number of nitrogens with two attached hydrogens (primary N) is 1. The first-order valence-corrected chi connectivity index (χ1v) is 11.6. The number of nitrogens with one attached hydrogen (secondary N) is 1. The quantitative estimate of drug-likeness (QED) is 0.818. The van der Waals surface area contributed by atoms with Crippen LogP contribution >= 0.6 is 0 Å². The molecule has 0 spiro atoms. The molecule has 4 saturated carbocycles. The standard InChI is InChI=1S/C24H35N3O/c1-17(26-24-14-18-11-19(15-24)13-20(12-18)16-24)23(28)25-21-5-7-22(8-6-21)27-9-3-2-4-10-27/h5-8,17-20,26H,2-4,9-16H2,1H3,(H,25,28)/p+1/t17-,18?,19?,20?,24?/m1/s1. The lowest BCUT2D eigenvalue weighted by Gasteiger charge is -2.55. The molecular formula is C24H36N3O+. The van der Waals surface area contributed by atoms with Gasteiger partial charge < -0.3 is 15.5 Å². The van der Waals surface area contributed by atoms with Crippen molar-refractivity contribution in [2.45, 2.75) is 76.3 Å². The van der Waals surface area contributed by atoms with E-state index in [1.54, 1.807) is 0 Å². The highest BCUT2D eigenvalue weighted by Crippen LogP contribution is 2.54. The molecule has 4 aliphatic carbocycles. The Morgan fingerprint density at radius 1 is 1.00 bits per heavy atom. The van der Waals surface area contributed by atoms with Crippen LogP contribution in [0, 0.1) is 17.8 Å². The molecule has 1 aromatic carbocycles. The summed E-state index contributed by atoms with van der Waals surface area (Å²) in [6.07, 6.45) is 12.3. The van der Waals surface area contributed by atoms with Gasteiger partial charge in [0.15, 0.2) is 6.04 Å². The van der Waals surface area contributed by atoms with E-state index in [9.17, 15) is 4.79 Å². The van der Waals surface area contributed by atoms with Crippen LogP contribution in [-0.2, 0) is 4.79 Å². The number of quaternary nitrogens is 1. The van der Waals surface area contributed by atoms with Gasteiger partial charge in [0.25, 0.3) is 5.91 Å². The Hall–Kier alpha value is -1.55. The fraction of sp³-hybridized carbons (Fsp3) is 0.708. The average molecular weight is 383 g/mol. The van der Waals surface area contributed by atoms with Gasteiger partial charge in [-0.1, -0.05) is 0 Å². The van der Waals surface area contributed by atoms with Crippen LogP contribution in [0.1, 0.15) is 64.7 Å². The Morgan fingerprint density at radius 3 is 2.14 bits per heavy atom. The Labute approximate surface area is 169 Å². The van der Waals surface area contributed by atoms with E-state index in [-0.39, 0.29) is 11.9 Å². The van der Waals surface area contributed by atoms with Crippen LogP contribution in [0.3, 0.4) is 0 Å². The summed E-state index contributed by atoms with van der Waals surface area (Å²) in [4.78, 5) is 15.3. The van der Waals surface area contributed by atoms with Gasteiger partial charge in [0.1, 0.15) is 0 Å². The molecule has 1 aliphatic heterocycles. The fourth-order valence-corrected chi connectivity index (χ4v) is 7.15. The number of hydrogen-bond donors (Lipinski definition) is 2. The number of piperidine rings is 1. The summed E-state index contributed by atoms with van der Waals surface area (Å²) in [5.41, 5.74) is 2.56. The van der Waals surface area contributed by atoms with Crippen molar-refractivity contribution in [2.75, 3.05) is 23.3 Å². The Morgan fingerprint density at radius 2 is 1.57 bits per heavy atom. The lowest BCUT2D eigenvalue weighted by Crippen LogP contribution is -3.03. The van der Waals surface area contributed by atoms with Crippen molar-refractivity contribution in [2.24, 2.45) is 17.8 Å². The molecule has 28 heavy (non-hydrogen) atoms. The van der Waals surface area contributed by atoms with Gasteiger partial charge in [0, 0.05) is 43.7 Å². The zero-order valence-corrected chi connectivity index (χ0v) is 17.3. The lowest BCUT2D eigenvalue weighted by atomic mass is 9.53. The largest absolute Gasteiger partial charge is 0.372 e. The second kappa shape index (κ2) is 7.37. The number of carbonyl (C=O) groups is 1. The first-order chi connectivity index (χ1) is 13.6. The Bertz CT molecular complexity index is 672. The predicted octanol–water partition coefficient (Wildman–Crippen LogP) is 3.54. The second-order valence-electron chi connectivity index (χ2n) is 10.3. The van der Waals surface area contributed by atoms with Gasteiger partial charge in [-0.3, -0.25) is 4.79 Å². The summed E-state index contributed by atoms with van der Waals surface area (Å²) in [5.74, 6) is 2.95. The van der Waals surface area contributed by atoms with Gasteiger partial charge in [0.05, 0.1) is 5.54 Å². The molecule has 3 N–H and O–H groups in total. The predicted molar refractivity (Wildman–Crippen MR) is 113 cm³/mol. The summed E-state index contributed by atoms with van der Waals surface area (Å²) in [7, 11) is 0.